The molecule has 3 aromatic rings. The predicted molar refractivity (Wildman–Crippen MR) is 112 cm³/mol. The van der Waals surface area contributed by atoms with Crippen molar-refractivity contribution >= 4 is 34.1 Å². The van der Waals surface area contributed by atoms with Crippen molar-refractivity contribution in [3.05, 3.63) is 65.3 Å². The number of pyridine rings is 1. The molecule has 1 N–H and O–H groups in total. The molecule has 2 aromatic carbocycles. The van der Waals surface area contributed by atoms with Crippen LogP contribution < -0.4 is 15.0 Å². The highest BCUT2D eigenvalue weighted by Gasteiger charge is 2.30. The van der Waals surface area contributed by atoms with Gasteiger partial charge in [0.05, 0.1) is 17.7 Å². The van der Waals surface area contributed by atoms with Crippen LogP contribution in [0.25, 0.3) is 10.9 Å². The summed E-state index contributed by atoms with van der Waals surface area (Å²) in [4.78, 5) is 19.2. The Morgan fingerprint density at radius 1 is 1.25 bits per heavy atom. The second-order valence-electron chi connectivity index (χ2n) is 6.88. The predicted octanol–water partition coefficient (Wildman–Crippen LogP) is 4.18. The quantitative estimate of drug-likeness (QED) is 0.658. The highest BCUT2D eigenvalue weighted by molar-refractivity contribution is 6.30. The molecule has 0 bridgehead atoms. The minimum atomic E-state index is -0.561. The molecule has 144 valence electrons. The van der Waals surface area contributed by atoms with Crippen molar-refractivity contribution in [3.8, 4) is 5.75 Å². The minimum Gasteiger partial charge on any atom is -0.477 e. The number of aromatic nitrogens is 1. The Labute approximate surface area is 169 Å². The lowest BCUT2D eigenvalue weighted by Crippen LogP contribution is -2.48. The van der Waals surface area contributed by atoms with Crippen LogP contribution in [0.15, 0.2) is 54.6 Å². The molecule has 0 saturated carbocycles. The fourth-order valence-corrected chi connectivity index (χ4v) is 3.61. The standard InChI is InChI=1S/C22H22ClN3O2/c1-2-11-24-22(27)20-14-26(18-9-5-6-10-19(18)28-20)13-16-12-15-7-3-4-8-17(15)25-21(16)23/h3-10,12,20H,2,11,13-14H2,1H3,(H,24,27)/t20-/m0/s1. The van der Waals surface area contributed by atoms with Crippen LogP contribution in [-0.4, -0.2) is 30.1 Å². The number of benzene rings is 2. The van der Waals surface area contributed by atoms with Crippen LogP contribution in [0.3, 0.4) is 0 Å². The van der Waals surface area contributed by atoms with Gasteiger partial charge in [-0.3, -0.25) is 4.79 Å². The van der Waals surface area contributed by atoms with Gasteiger partial charge in [-0.15, -0.1) is 0 Å². The van der Waals surface area contributed by atoms with E-state index < -0.39 is 6.10 Å². The number of nitrogens with zero attached hydrogens (tertiary/aromatic N) is 2. The monoisotopic (exact) mass is 395 g/mol. The zero-order valence-electron chi connectivity index (χ0n) is 15.7. The molecular weight excluding hydrogens is 374 g/mol. The third-order valence-corrected chi connectivity index (χ3v) is 5.14. The first-order valence-electron chi connectivity index (χ1n) is 9.48. The number of fused-ring (bicyclic) bond motifs is 2. The Morgan fingerprint density at radius 2 is 2.04 bits per heavy atom. The van der Waals surface area contributed by atoms with E-state index in [1.807, 2.05) is 55.5 Å². The Hall–Kier alpha value is -2.79. The summed E-state index contributed by atoms with van der Waals surface area (Å²) in [6.45, 7) is 3.67. The maximum absolute atomic E-state index is 12.5. The maximum Gasteiger partial charge on any atom is 0.262 e. The van der Waals surface area contributed by atoms with Gasteiger partial charge in [-0.05, 0) is 30.7 Å². The van der Waals surface area contributed by atoms with Crippen LogP contribution in [0.2, 0.25) is 5.15 Å². The van der Waals surface area contributed by atoms with Gasteiger partial charge in [0.25, 0.3) is 5.91 Å². The molecule has 6 heteroatoms. The first-order valence-corrected chi connectivity index (χ1v) is 9.86. The second kappa shape index (κ2) is 8.07. The fraction of sp³-hybridized carbons (Fsp3) is 0.273. The average Bonchev–Trinajstić information content (AvgIpc) is 2.72. The highest BCUT2D eigenvalue weighted by atomic mass is 35.5. The number of hydrogen-bond acceptors (Lipinski definition) is 4. The van der Waals surface area contributed by atoms with E-state index in [1.165, 1.54) is 0 Å². The number of ether oxygens (including phenoxy) is 1. The van der Waals surface area contributed by atoms with E-state index in [0.29, 0.717) is 30.5 Å². The zero-order valence-corrected chi connectivity index (χ0v) is 16.4. The van der Waals surface area contributed by atoms with Gasteiger partial charge < -0.3 is 15.0 Å². The summed E-state index contributed by atoms with van der Waals surface area (Å²) in [7, 11) is 0. The van der Waals surface area contributed by atoms with E-state index in [9.17, 15) is 4.79 Å². The molecule has 0 fully saturated rings. The number of rotatable bonds is 5. The van der Waals surface area contributed by atoms with Gasteiger partial charge in [-0.25, -0.2) is 4.98 Å². The van der Waals surface area contributed by atoms with E-state index in [0.717, 1.165) is 28.6 Å². The highest BCUT2D eigenvalue weighted by Crippen LogP contribution is 2.35. The number of hydrogen-bond donors (Lipinski definition) is 1. The van der Waals surface area contributed by atoms with Crippen molar-refractivity contribution in [2.75, 3.05) is 18.0 Å². The molecule has 2 heterocycles. The second-order valence-corrected chi connectivity index (χ2v) is 7.23. The Balaban J connectivity index is 1.64. The summed E-state index contributed by atoms with van der Waals surface area (Å²) in [5.41, 5.74) is 2.74. The number of amides is 1. The normalized spacial score (nSPS) is 15.8. The molecular formula is C22H22ClN3O2. The third kappa shape index (κ3) is 3.76. The van der Waals surface area contributed by atoms with Crippen LogP contribution in [0.4, 0.5) is 5.69 Å². The van der Waals surface area contributed by atoms with Crippen LogP contribution in [0.5, 0.6) is 5.75 Å². The van der Waals surface area contributed by atoms with Crippen LogP contribution in [0.1, 0.15) is 18.9 Å². The number of halogens is 1. The Kier molecular flexibility index (Phi) is 5.35. The molecule has 4 rings (SSSR count). The number of carbonyl (C=O) groups is 1. The molecule has 0 spiro atoms. The van der Waals surface area contributed by atoms with E-state index in [2.05, 4.69) is 21.3 Å². The van der Waals surface area contributed by atoms with Gasteiger partial charge in [-0.2, -0.15) is 0 Å². The molecule has 1 atom stereocenters. The van der Waals surface area contributed by atoms with Crippen molar-refractivity contribution in [2.45, 2.75) is 26.0 Å². The van der Waals surface area contributed by atoms with Crippen molar-refractivity contribution < 1.29 is 9.53 Å². The lowest BCUT2D eigenvalue weighted by molar-refractivity contribution is -0.127. The number of nitrogens with one attached hydrogen (secondary N) is 1. The van der Waals surface area contributed by atoms with Gasteiger partial charge in [0.1, 0.15) is 10.9 Å². The summed E-state index contributed by atoms with van der Waals surface area (Å²) < 4.78 is 5.96. The first-order chi connectivity index (χ1) is 13.7. The zero-order chi connectivity index (χ0) is 19.5. The maximum atomic E-state index is 12.5. The summed E-state index contributed by atoms with van der Waals surface area (Å²) in [6, 6.07) is 17.7. The average molecular weight is 396 g/mol. The van der Waals surface area contributed by atoms with Gasteiger partial charge in [0.15, 0.2) is 6.10 Å². The smallest absolute Gasteiger partial charge is 0.262 e. The van der Waals surface area contributed by atoms with Crippen LogP contribution >= 0.6 is 11.6 Å². The minimum absolute atomic E-state index is 0.0934. The fourth-order valence-electron chi connectivity index (χ4n) is 3.41. The van der Waals surface area contributed by atoms with Crippen molar-refractivity contribution in [2.24, 2.45) is 0 Å². The van der Waals surface area contributed by atoms with Gasteiger partial charge in [0, 0.05) is 24.0 Å². The molecule has 1 aliphatic heterocycles. The molecule has 0 aliphatic carbocycles. The lowest BCUT2D eigenvalue weighted by Gasteiger charge is -2.35. The molecule has 1 aliphatic rings. The number of para-hydroxylation sites is 3. The Morgan fingerprint density at radius 3 is 2.89 bits per heavy atom. The van der Waals surface area contributed by atoms with Crippen LogP contribution in [-0.2, 0) is 11.3 Å². The first kappa shape index (κ1) is 18.6. The van der Waals surface area contributed by atoms with Gasteiger partial charge in [0.2, 0.25) is 0 Å². The molecule has 0 unspecified atom stereocenters. The van der Waals surface area contributed by atoms with E-state index in [4.69, 9.17) is 16.3 Å². The van der Waals surface area contributed by atoms with Crippen LogP contribution in [0, 0.1) is 0 Å². The summed E-state index contributed by atoms with van der Waals surface area (Å²) in [5, 5.41) is 4.45. The molecule has 1 aromatic heterocycles. The SMILES string of the molecule is CCCNC(=O)[C@@H]1CN(Cc2cc3ccccc3nc2Cl)c2ccccc2O1. The van der Waals surface area contributed by atoms with E-state index >= 15 is 0 Å². The lowest BCUT2D eigenvalue weighted by atomic mass is 10.1. The van der Waals surface area contributed by atoms with E-state index in [1.54, 1.807) is 0 Å². The molecule has 1 amide bonds. The third-order valence-electron chi connectivity index (χ3n) is 4.81. The topological polar surface area (TPSA) is 54.5 Å². The van der Waals surface area contributed by atoms with Crippen molar-refractivity contribution in [1.29, 1.82) is 0 Å². The van der Waals surface area contributed by atoms with Gasteiger partial charge in [-0.1, -0.05) is 48.9 Å². The van der Waals surface area contributed by atoms with E-state index in [-0.39, 0.29) is 5.91 Å². The number of carbonyl (C=O) groups excluding carboxylic acids is 1. The summed E-state index contributed by atoms with van der Waals surface area (Å²) in [6.07, 6.45) is 0.325. The largest absolute Gasteiger partial charge is 0.477 e. The van der Waals surface area contributed by atoms with Crippen molar-refractivity contribution in [3.63, 3.8) is 0 Å². The molecule has 5 nitrogen and oxygen atoms in total. The molecule has 0 saturated heterocycles. The Bertz CT molecular complexity index is 1010. The molecule has 28 heavy (non-hydrogen) atoms. The van der Waals surface area contributed by atoms with Crippen molar-refractivity contribution in [1.82, 2.24) is 10.3 Å². The molecule has 0 radical (unpaired) electrons. The number of anilines is 1. The summed E-state index contributed by atoms with van der Waals surface area (Å²) >= 11 is 6.47. The van der Waals surface area contributed by atoms with Gasteiger partial charge >= 0.3 is 0 Å². The summed E-state index contributed by atoms with van der Waals surface area (Å²) in [5.74, 6) is 0.611.